The largest absolute Gasteiger partial charge is 0.433 e. The quantitative estimate of drug-likeness (QED) is 0.428. The number of halogens is 3. The van der Waals surface area contributed by atoms with E-state index in [4.69, 9.17) is 9.47 Å². The monoisotopic (exact) mass is 502 g/mol. The summed E-state index contributed by atoms with van der Waals surface area (Å²) in [5.74, 6) is -0.159. The number of hydrogen-bond acceptors (Lipinski definition) is 7. The zero-order valence-electron chi connectivity index (χ0n) is 19.6. The summed E-state index contributed by atoms with van der Waals surface area (Å²) >= 11 is 0. The molecule has 1 aromatic carbocycles. The Morgan fingerprint density at radius 2 is 1.97 bits per heavy atom. The number of pyridine rings is 2. The van der Waals surface area contributed by atoms with Crippen LogP contribution in [0.3, 0.4) is 0 Å². The number of aliphatic hydroxyl groups excluding tert-OH is 1. The molecule has 3 N–H and O–H groups in total. The van der Waals surface area contributed by atoms with Crippen molar-refractivity contribution in [1.29, 1.82) is 0 Å². The number of carbonyl (C=O) groups is 1. The van der Waals surface area contributed by atoms with Crippen LogP contribution < -0.4 is 10.6 Å². The first-order valence-corrected chi connectivity index (χ1v) is 11.1. The Labute approximate surface area is 205 Å². The second-order valence-corrected chi connectivity index (χ2v) is 8.38. The van der Waals surface area contributed by atoms with Gasteiger partial charge in [0.2, 0.25) is 0 Å². The minimum absolute atomic E-state index is 0.0780. The summed E-state index contributed by atoms with van der Waals surface area (Å²) in [5, 5.41) is 15.0. The maximum atomic E-state index is 13.0. The Balaban J connectivity index is 1.67. The van der Waals surface area contributed by atoms with Crippen molar-refractivity contribution in [1.82, 2.24) is 9.97 Å². The second-order valence-electron chi connectivity index (χ2n) is 8.38. The van der Waals surface area contributed by atoms with E-state index < -0.39 is 23.4 Å². The molecule has 0 aliphatic carbocycles. The average Bonchev–Trinajstić information content (AvgIpc) is 2.83. The van der Waals surface area contributed by atoms with Gasteiger partial charge in [0.05, 0.1) is 25.5 Å². The highest BCUT2D eigenvalue weighted by molar-refractivity contribution is 6.04. The normalized spacial score (nSPS) is 14.7. The van der Waals surface area contributed by atoms with Crippen LogP contribution in [0, 0.1) is 6.92 Å². The molecular formula is C25H25F3N4O4. The van der Waals surface area contributed by atoms with Gasteiger partial charge in [-0.2, -0.15) is 13.2 Å². The Kier molecular flexibility index (Phi) is 7.25. The van der Waals surface area contributed by atoms with Crippen LogP contribution in [0.5, 0.6) is 0 Å². The molecule has 3 heterocycles. The number of aliphatic hydroxyl groups is 1. The predicted molar refractivity (Wildman–Crippen MR) is 127 cm³/mol. The topological polar surface area (TPSA) is 106 Å². The van der Waals surface area contributed by atoms with E-state index >= 15 is 0 Å². The molecule has 8 nitrogen and oxygen atoms in total. The van der Waals surface area contributed by atoms with Crippen molar-refractivity contribution in [2.24, 2.45) is 0 Å². The van der Waals surface area contributed by atoms with Gasteiger partial charge in [-0.1, -0.05) is 6.07 Å². The molecule has 1 aliphatic heterocycles. The Bertz CT molecular complexity index is 1260. The average molecular weight is 502 g/mol. The number of aromatic nitrogens is 2. The van der Waals surface area contributed by atoms with Gasteiger partial charge in [0.1, 0.15) is 11.5 Å². The zero-order chi connectivity index (χ0) is 25.9. The minimum Gasteiger partial charge on any atom is -0.395 e. The minimum atomic E-state index is -4.65. The third kappa shape index (κ3) is 5.32. The highest BCUT2D eigenvalue weighted by Crippen LogP contribution is 2.36. The number of methoxy groups -OCH3 is 1. The molecule has 0 spiro atoms. The first-order valence-electron chi connectivity index (χ1n) is 11.1. The maximum Gasteiger partial charge on any atom is 0.433 e. The number of nitrogens with zero attached hydrogens (tertiary/aromatic N) is 2. The van der Waals surface area contributed by atoms with Crippen molar-refractivity contribution in [3.05, 3.63) is 71.2 Å². The van der Waals surface area contributed by atoms with Crippen LogP contribution in [0.25, 0.3) is 11.1 Å². The number of alkyl halides is 3. The van der Waals surface area contributed by atoms with Crippen molar-refractivity contribution in [2.45, 2.75) is 18.7 Å². The second kappa shape index (κ2) is 10.2. The molecule has 1 amide bonds. The van der Waals surface area contributed by atoms with Gasteiger partial charge >= 0.3 is 6.18 Å². The van der Waals surface area contributed by atoms with Crippen LogP contribution in [-0.4, -0.2) is 54.5 Å². The first kappa shape index (κ1) is 25.5. The predicted octanol–water partition coefficient (Wildman–Crippen LogP) is 4.00. The molecule has 0 atom stereocenters. The van der Waals surface area contributed by atoms with Gasteiger partial charge in [-0.05, 0) is 60.0 Å². The third-order valence-electron chi connectivity index (χ3n) is 5.89. The van der Waals surface area contributed by atoms with Crippen LogP contribution in [0.1, 0.15) is 27.3 Å². The lowest BCUT2D eigenvalue weighted by Crippen LogP contribution is -2.49. The molecule has 1 aliphatic rings. The van der Waals surface area contributed by atoms with E-state index in [1.165, 1.54) is 6.07 Å². The van der Waals surface area contributed by atoms with E-state index in [1.807, 2.05) is 19.1 Å². The molecule has 0 unspecified atom stereocenters. The molecule has 0 saturated carbocycles. The van der Waals surface area contributed by atoms with E-state index in [0.717, 1.165) is 22.9 Å². The molecule has 36 heavy (non-hydrogen) atoms. The zero-order valence-corrected chi connectivity index (χ0v) is 19.6. The number of hydrogen-bond donors (Lipinski definition) is 3. The SMILES string of the molecule is COC1(c2cc(-c3cc(NC(=O)c4ccnc(C(F)(F)F)c4)ccc3C)cc(NCCO)n2)COC1. The number of carbonyl (C=O) groups excluding carboxylic acids is 1. The number of rotatable bonds is 8. The number of ether oxygens (including phenoxy) is 2. The highest BCUT2D eigenvalue weighted by atomic mass is 19.4. The van der Waals surface area contributed by atoms with Gasteiger partial charge in [-0.15, -0.1) is 0 Å². The van der Waals surface area contributed by atoms with Crippen molar-refractivity contribution < 1.29 is 32.5 Å². The van der Waals surface area contributed by atoms with Gasteiger partial charge in [0.25, 0.3) is 5.91 Å². The standard InChI is InChI=1S/C25H25F3N4O4/c1-15-3-4-18(31-23(34)16-5-6-29-21(9-16)25(26,27)28)12-19(15)17-10-20(24(35-2)13-36-14-24)32-22(11-17)30-7-8-33/h3-6,9-12,33H,7-8,13-14H2,1-2H3,(H,30,32)(H,31,34). The van der Waals surface area contributed by atoms with Crippen LogP contribution in [-0.2, 0) is 21.3 Å². The summed E-state index contributed by atoms with van der Waals surface area (Å²) in [4.78, 5) is 20.6. The van der Waals surface area contributed by atoms with E-state index in [1.54, 1.807) is 25.3 Å². The lowest BCUT2D eigenvalue weighted by Gasteiger charge is -2.39. The number of amides is 1. The fraction of sp³-hybridized carbons (Fsp3) is 0.320. The van der Waals surface area contributed by atoms with Crippen molar-refractivity contribution in [3.63, 3.8) is 0 Å². The number of nitrogens with one attached hydrogen (secondary N) is 2. The van der Waals surface area contributed by atoms with Crippen molar-refractivity contribution in [3.8, 4) is 11.1 Å². The van der Waals surface area contributed by atoms with Crippen LogP contribution in [0.15, 0.2) is 48.7 Å². The third-order valence-corrected chi connectivity index (χ3v) is 5.89. The lowest BCUT2D eigenvalue weighted by molar-refractivity contribution is -0.204. The first-order chi connectivity index (χ1) is 17.1. The highest BCUT2D eigenvalue weighted by Gasteiger charge is 2.42. The summed E-state index contributed by atoms with van der Waals surface area (Å²) in [7, 11) is 1.59. The molecule has 0 bridgehead atoms. The molecule has 1 fully saturated rings. The van der Waals surface area contributed by atoms with Gasteiger partial charge in [-0.3, -0.25) is 9.78 Å². The van der Waals surface area contributed by atoms with Crippen molar-refractivity contribution in [2.75, 3.05) is 44.1 Å². The number of anilines is 2. The number of aryl methyl sites for hydroxylation is 1. The smallest absolute Gasteiger partial charge is 0.395 e. The Hall–Kier alpha value is -3.54. The molecule has 11 heteroatoms. The van der Waals surface area contributed by atoms with E-state index in [-0.39, 0.29) is 12.2 Å². The molecule has 190 valence electrons. The lowest BCUT2D eigenvalue weighted by atomic mass is 9.92. The number of benzene rings is 1. The van der Waals surface area contributed by atoms with E-state index in [0.29, 0.717) is 43.0 Å². The molecule has 1 saturated heterocycles. The van der Waals surface area contributed by atoms with Crippen LogP contribution in [0.4, 0.5) is 24.7 Å². The maximum absolute atomic E-state index is 13.0. The summed E-state index contributed by atoms with van der Waals surface area (Å²) < 4.78 is 50.0. The van der Waals surface area contributed by atoms with Gasteiger partial charge < -0.3 is 25.2 Å². The van der Waals surface area contributed by atoms with Gasteiger partial charge in [-0.25, -0.2) is 4.98 Å². The fourth-order valence-corrected chi connectivity index (χ4v) is 3.79. The Morgan fingerprint density at radius 1 is 1.19 bits per heavy atom. The van der Waals surface area contributed by atoms with Crippen LogP contribution in [0.2, 0.25) is 0 Å². The fourth-order valence-electron chi connectivity index (χ4n) is 3.79. The molecular weight excluding hydrogens is 477 g/mol. The van der Waals surface area contributed by atoms with E-state index in [2.05, 4.69) is 20.6 Å². The molecule has 3 aromatic rings. The summed E-state index contributed by atoms with van der Waals surface area (Å²) in [5.41, 5.74) is 1.52. The molecule has 4 rings (SSSR count). The summed E-state index contributed by atoms with van der Waals surface area (Å²) in [6, 6.07) is 10.8. The van der Waals surface area contributed by atoms with Gasteiger partial charge in [0, 0.05) is 31.1 Å². The Morgan fingerprint density at radius 3 is 2.61 bits per heavy atom. The summed E-state index contributed by atoms with van der Waals surface area (Å²) in [6.07, 6.45) is -3.70. The van der Waals surface area contributed by atoms with Gasteiger partial charge in [0.15, 0.2) is 5.60 Å². The molecule has 2 aromatic heterocycles. The van der Waals surface area contributed by atoms with Crippen molar-refractivity contribution >= 4 is 17.4 Å². The van der Waals surface area contributed by atoms with Crippen LogP contribution >= 0.6 is 0 Å². The molecule has 0 radical (unpaired) electrons. The van der Waals surface area contributed by atoms with E-state index in [9.17, 15) is 23.1 Å². The summed E-state index contributed by atoms with van der Waals surface area (Å²) in [6.45, 7) is 2.82.